The summed E-state index contributed by atoms with van der Waals surface area (Å²) < 4.78 is 2.06. The van der Waals surface area contributed by atoms with E-state index in [1.54, 1.807) is 18.2 Å². The quantitative estimate of drug-likeness (QED) is 0.429. The van der Waals surface area contributed by atoms with Crippen molar-refractivity contribution >= 4 is 44.7 Å². The van der Waals surface area contributed by atoms with Crippen LogP contribution < -0.4 is 5.32 Å². The highest BCUT2D eigenvalue weighted by atomic mass is 16.3. The molecular formula is C24H20N4O2. The van der Waals surface area contributed by atoms with Gasteiger partial charge in [-0.05, 0) is 48.9 Å². The maximum absolute atomic E-state index is 12.6. The first-order valence-electron chi connectivity index (χ1n) is 9.83. The number of rotatable bonds is 4. The van der Waals surface area contributed by atoms with Crippen LogP contribution in [-0.4, -0.2) is 25.5 Å². The first-order valence-corrected chi connectivity index (χ1v) is 9.83. The number of aryl methyl sites for hydroxylation is 2. The molecule has 0 unspecified atom stereocenters. The van der Waals surface area contributed by atoms with E-state index in [1.165, 1.54) is 0 Å². The van der Waals surface area contributed by atoms with Crippen LogP contribution in [-0.2, 0) is 11.3 Å². The molecule has 0 aliphatic rings. The van der Waals surface area contributed by atoms with Crippen molar-refractivity contribution in [3.63, 3.8) is 0 Å². The minimum absolute atomic E-state index is 0.0940. The Morgan fingerprint density at radius 3 is 2.53 bits per heavy atom. The van der Waals surface area contributed by atoms with E-state index in [1.807, 2.05) is 55.5 Å². The molecule has 0 spiro atoms. The fourth-order valence-corrected chi connectivity index (χ4v) is 3.82. The van der Waals surface area contributed by atoms with Crippen molar-refractivity contribution in [2.24, 2.45) is 0 Å². The number of aromatic nitrogens is 3. The second-order valence-electron chi connectivity index (χ2n) is 7.35. The van der Waals surface area contributed by atoms with Gasteiger partial charge in [0.05, 0.1) is 16.6 Å². The zero-order valence-electron chi connectivity index (χ0n) is 16.5. The minimum Gasteiger partial charge on any atom is -0.508 e. The Morgan fingerprint density at radius 1 is 1.00 bits per heavy atom. The Balaban J connectivity index is 1.50. The van der Waals surface area contributed by atoms with Crippen molar-refractivity contribution in [2.75, 3.05) is 5.32 Å². The molecule has 5 rings (SSSR count). The van der Waals surface area contributed by atoms with Gasteiger partial charge in [-0.2, -0.15) is 0 Å². The predicted molar refractivity (Wildman–Crippen MR) is 119 cm³/mol. The van der Waals surface area contributed by atoms with Gasteiger partial charge in [0.15, 0.2) is 5.65 Å². The van der Waals surface area contributed by atoms with Gasteiger partial charge < -0.3 is 15.0 Å². The molecule has 30 heavy (non-hydrogen) atoms. The molecule has 6 heteroatoms. The third-order valence-corrected chi connectivity index (χ3v) is 5.30. The number of hydrogen-bond acceptors (Lipinski definition) is 4. The van der Waals surface area contributed by atoms with Gasteiger partial charge in [0.1, 0.15) is 11.3 Å². The summed E-state index contributed by atoms with van der Waals surface area (Å²) in [6, 6.07) is 20.8. The molecule has 0 saturated heterocycles. The number of anilines is 1. The lowest BCUT2D eigenvalue weighted by Crippen LogP contribution is -2.15. The molecule has 2 N–H and O–H groups in total. The monoisotopic (exact) mass is 396 g/mol. The summed E-state index contributed by atoms with van der Waals surface area (Å²) in [5.41, 5.74) is 5.84. The molecule has 5 aromatic rings. The standard InChI is InChI=1S/C24H20N4O2/c1-15-14-16(29)10-11-18(15)25-22(30)12-13-28-21-9-5-2-6-17(21)23-24(28)27-20-8-4-3-7-19(20)26-23/h2-11,14,29H,12-13H2,1H3,(H,25,30). The number of benzene rings is 3. The predicted octanol–water partition coefficient (Wildman–Crippen LogP) is 4.78. The van der Waals surface area contributed by atoms with E-state index in [0.717, 1.165) is 38.7 Å². The van der Waals surface area contributed by atoms with E-state index < -0.39 is 0 Å². The summed E-state index contributed by atoms with van der Waals surface area (Å²) in [6.45, 7) is 2.34. The van der Waals surface area contributed by atoms with Crippen LogP contribution in [0.15, 0.2) is 66.7 Å². The summed E-state index contributed by atoms with van der Waals surface area (Å²) in [4.78, 5) is 22.3. The summed E-state index contributed by atoms with van der Waals surface area (Å²) in [6.07, 6.45) is 0.294. The van der Waals surface area contributed by atoms with Crippen molar-refractivity contribution in [2.45, 2.75) is 19.9 Å². The number of phenols is 1. The van der Waals surface area contributed by atoms with Crippen molar-refractivity contribution in [3.8, 4) is 5.75 Å². The fraction of sp³-hybridized carbons (Fsp3) is 0.125. The highest BCUT2D eigenvalue weighted by Gasteiger charge is 2.15. The number of amides is 1. The summed E-state index contributed by atoms with van der Waals surface area (Å²) in [5.74, 6) is 0.0880. The van der Waals surface area contributed by atoms with Crippen LogP contribution in [0, 0.1) is 6.92 Å². The van der Waals surface area contributed by atoms with Crippen molar-refractivity contribution in [1.29, 1.82) is 0 Å². The summed E-state index contributed by atoms with van der Waals surface area (Å²) in [7, 11) is 0. The number of nitrogens with zero attached hydrogens (tertiary/aromatic N) is 3. The van der Waals surface area contributed by atoms with E-state index in [2.05, 4.69) is 9.88 Å². The Labute approximate surface area is 172 Å². The summed E-state index contributed by atoms with van der Waals surface area (Å²) >= 11 is 0. The van der Waals surface area contributed by atoms with Gasteiger partial charge in [-0.15, -0.1) is 0 Å². The average Bonchev–Trinajstić information content (AvgIpc) is 3.05. The number of nitrogens with one attached hydrogen (secondary N) is 1. The number of aromatic hydroxyl groups is 1. The zero-order valence-corrected chi connectivity index (χ0v) is 16.5. The van der Waals surface area contributed by atoms with Gasteiger partial charge >= 0.3 is 0 Å². The van der Waals surface area contributed by atoms with Gasteiger partial charge in [0.2, 0.25) is 5.91 Å². The second-order valence-corrected chi connectivity index (χ2v) is 7.35. The fourth-order valence-electron chi connectivity index (χ4n) is 3.82. The number of carbonyl (C=O) groups is 1. The third kappa shape index (κ3) is 3.12. The Morgan fingerprint density at radius 2 is 1.73 bits per heavy atom. The topological polar surface area (TPSA) is 80.0 Å². The molecule has 0 radical (unpaired) electrons. The average molecular weight is 396 g/mol. The lowest BCUT2D eigenvalue weighted by atomic mass is 10.2. The maximum Gasteiger partial charge on any atom is 0.226 e. The van der Waals surface area contributed by atoms with Crippen molar-refractivity contribution < 1.29 is 9.90 Å². The Bertz CT molecular complexity index is 1420. The normalized spacial score (nSPS) is 11.4. The first kappa shape index (κ1) is 18.1. The van der Waals surface area contributed by atoms with Crippen molar-refractivity contribution in [1.82, 2.24) is 14.5 Å². The van der Waals surface area contributed by atoms with Gasteiger partial charge in [-0.3, -0.25) is 4.79 Å². The molecule has 0 fully saturated rings. The largest absolute Gasteiger partial charge is 0.508 e. The third-order valence-electron chi connectivity index (χ3n) is 5.30. The molecule has 3 aromatic carbocycles. The molecule has 0 saturated carbocycles. The van der Waals surface area contributed by atoms with Crippen LogP contribution >= 0.6 is 0 Å². The van der Waals surface area contributed by atoms with E-state index >= 15 is 0 Å². The van der Waals surface area contributed by atoms with Gasteiger partial charge in [-0.1, -0.05) is 30.3 Å². The van der Waals surface area contributed by atoms with Crippen molar-refractivity contribution in [3.05, 3.63) is 72.3 Å². The number of para-hydroxylation sites is 3. The molecule has 6 nitrogen and oxygen atoms in total. The molecule has 0 atom stereocenters. The van der Waals surface area contributed by atoms with Crippen LogP contribution in [0.4, 0.5) is 5.69 Å². The molecule has 2 aromatic heterocycles. The van der Waals surface area contributed by atoms with E-state index in [-0.39, 0.29) is 11.7 Å². The number of phenolic OH excluding ortho intramolecular Hbond substituents is 1. The SMILES string of the molecule is Cc1cc(O)ccc1NC(=O)CCn1c2ccccc2c2nc3ccccc3nc21. The molecule has 0 bridgehead atoms. The number of hydrogen-bond donors (Lipinski definition) is 2. The van der Waals surface area contributed by atoms with E-state index in [4.69, 9.17) is 9.97 Å². The van der Waals surface area contributed by atoms with Crippen LogP contribution in [0.2, 0.25) is 0 Å². The number of carbonyl (C=O) groups excluding carboxylic acids is 1. The van der Waals surface area contributed by atoms with E-state index in [9.17, 15) is 9.90 Å². The van der Waals surface area contributed by atoms with Gasteiger partial charge in [0.25, 0.3) is 0 Å². The van der Waals surface area contributed by atoms with Crippen LogP contribution in [0.25, 0.3) is 33.1 Å². The minimum atomic E-state index is -0.0940. The van der Waals surface area contributed by atoms with Crippen LogP contribution in [0.3, 0.4) is 0 Å². The van der Waals surface area contributed by atoms with Crippen LogP contribution in [0.1, 0.15) is 12.0 Å². The Hall–Kier alpha value is -3.93. The second kappa shape index (κ2) is 7.15. The van der Waals surface area contributed by atoms with Crippen LogP contribution in [0.5, 0.6) is 5.75 Å². The molecule has 0 aliphatic heterocycles. The summed E-state index contributed by atoms with van der Waals surface area (Å²) in [5, 5.41) is 13.5. The molecular weight excluding hydrogens is 376 g/mol. The lowest BCUT2D eigenvalue weighted by molar-refractivity contribution is -0.116. The lowest BCUT2D eigenvalue weighted by Gasteiger charge is -2.10. The first-order chi connectivity index (χ1) is 14.6. The van der Waals surface area contributed by atoms with Gasteiger partial charge in [-0.25, -0.2) is 9.97 Å². The smallest absolute Gasteiger partial charge is 0.226 e. The number of fused-ring (bicyclic) bond motifs is 4. The highest BCUT2D eigenvalue weighted by molar-refractivity contribution is 6.06. The molecule has 148 valence electrons. The molecule has 1 amide bonds. The molecule has 0 aliphatic carbocycles. The highest BCUT2D eigenvalue weighted by Crippen LogP contribution is 2.28. The Kier molecular flexibility index (Phi) is 4.32. The van der Waals surface area contributed by atoms with E-state index in [0.29, 0.717) is 18.7 Å². The molecule has 2 heterocycles. The van der Waals surface area contributed by atoms with Gasteiger partial charge in [0, 0.05) is 24.0 Å². The zero-order chi connectivity index (χ0) is 20.7. The maximum atomic E-state index is 12.6.